The minimum absolute atomic E-state index is 0.250. The molecule has 0 saturated carbocycles. The van der Waals surface area contributed by atoms with Crippen molar-refractivity contribution in [3.8, 4) is 17.2 Å². The van der Waals surface area contributed by atoms with Gasteiger partial charge in [0.05, 0.1) is 0 Å². The number of aryl methyl sites for hydroxylation is 3. The van der Waals surface area contributed by atoms with Crippen LogP contribution in [0.5, 0.6) is 17.2 Å². The average Bonchev–Trinajstić information content (AvgIpc) is 2.81. The lowest BCUT2D eigenvalue weighted by molar-refractivity contribution is 0.456. The number of phenolic OH excluding ortho intramolecular Hbond substituents is 3. The Kier molecular flexibility index (Phi) is 9.44. The van der Waals surface area contributed by atoms with Crippen LogP contribution in [-0.2, 0) is 19.3 Å². The first-order chi connectivity index (χ1) is 16.4. The molecule has 3 heteroatoms. The van der Waals surface area contributed by atoms with E-state index in [2.05, 4.69) is 19.1 Å². The standard InChI is InChI=1S/C31H40O3/c1-4-5-6-7-8-9-10-11-24-18-27(20-25-16-22(2)12-14-29(25)32)31(34)28(19-24)21-26-17-23(3)13-15-30(26)33/h12-19,32-34H,4-11,20-21H2,1-3H3. The molecule has 0 bridgehead atoms. The summed E-state index contributed by atoms with van der Waals surface area (Å²) in [5.74, 6) is 0.755. The van der Waals surface area contributed by atoms with Crippen molar-refractivity contribution in [3.05, 3.63) is 87.5 Å². The van der Waals surface area contributed by atoms with Crippen LogP contribution >= 0.6 is 0 Å². The summed E-state index contributed by atoms with van der Waals surface area (Å²) in [4.78, 5) is 0. The zero-order valence-corrected chi connectivity index (χ0v) is 21.0. The maximum atomic E-state index is 11.2. The highest BCUT2D eigenvalue weighted by atomic mass is 16.3. The molecule has 0 aromatic heterocycles. The van der Waals surface area contributed by atoms with Gasteiger partial charge >= 0.3 is 0 Å². The largest absolute Gasteiger partial charge is 0.508 e. The van der Waals surface area contributed by atoms with Crippen molar-refractivity contribution in [2.24, 2.45) is 0 Å². The fourth-order valence-corrected chi connectivity index (χ4v) is 4.65. The van der Waals surface area contributed by atoms with Gasteiger partial charge in [-0.15, -0.1) is 0 Å². The Bertz CT molecular complexity index is 1010. The molecule has 0 amide bonds. The van der Waals surface area contributed by atoms with Gasteiger partial charge in [0.2, 0.25) is 0 Å². The normalized spacial score (nSPS) is 11.1. The van der Waals surface area contributed by atoms with Gasteiger partial charge in [-0.05, 0) is 66.6 Å². The lowest BCUT2D eigenvalue weighted by atomic mass is 9.92. The van der Waals surface area contributed by atoms with Gasteiger partial charge < -0.3 is 15.3 Å². The minimum atomic E-state index is 0.250. The third kappa shape index (κ3) is 7.28. The Labute approximate surface area is 205 Å². The first-order valence-electron chi connectivity index (χ1n) is 12.8. The molecule has 0 radical (unpaired) electrons. The van der Waals surface area contributed by atoms with Crippen molar-refractivity contribution in [2.45, 2.75) is 85.0 Å². The highest BCUT2D eigenvalue weighted by Crippen LogP contribution is 2.33. The molecule has 3 rings (SSSR count). The Hall–Kier alpha value is -2.94. The smallest absolute Gasteiger partial charge is 0.122 e. The predicted octanol–water partition coefficient (Wildman–Crippen LogP) is 7.89. The van der Waals surface area contributed by atoms with Crippen LogP contribution in [0, 0.1) is 13.8 Å². The second kappa shape index (κ2) is 12.5. The summed E-state index contributed by atoms with van der Waals surface area (Å²) in [6, 6.07) is 15.4. The van der Waals surface area contributed by atoms with Crippen LogP contribution in [0.25, 0.3) is 0 Å². The molecule has 0 spiro atoms. The van der Waals surface area contributed by atoms with E-state index >= 15 is 0 Å². The van der Waals surface area contributed by atoms with E-state index in [1.165, 1.54) is 44.1 Å². The van der Waals surface area contributed by atoms with Gasteiger partial charge in [-0.1, -0.05) is 93.0 Å². The average molecular weight is 461 g/mol. The minimum Gasteiger partial charge on any atom is -0.508 e. The fourth-order valence-electron chi connectivity index (χ4n) is 4.65. The molecular formula is C31H40O3. The first-order valence-corrected chi connectivity index (χ1v) is 12.8. The number of phenols is 3. The zero-order chi connectivity index (χ0) is 24.5. The molecule has 0 fully saturated rings. The second-order valence-corrected chi connectivity index (χ2v) is 9.75. The summed E-state index contributed by atoms with van der Waals surface area (Å²) in [5, 5.41) is 31.9. The van der Waals surface area contributed by atoms with Crippen molar-refractivity contribution >= 4 is 0 Å². The summed E-state index contributed by atoms with van der Waals surface area (Å²) in [6.07, 6.45) is 10.7. The van der Waals surface area contributed by atoms with Crippen LogP contribution in [0.1, 0.15) is 90.8 Å². The quantitative estimate of drug-likeness (QED) is 0.241. The van der Waals surface area contributed by atoms with Crippen LogP contribution in [0.2, 0.25) is 0 Å². The summed E-state index contributed by atoms with van der Waals surface area (Å²) in [5.41, 5.74) is 6.64. The number of benzene rings is 3. The molecule has 3 aromatic carbocycles. The van der Waals surface area contributed by atoms with Gasteiger partial charge in [0.1, 0.15) is 17.2 Å². The van der Waals surface area contributed by atoms with E-state index in [1.807, 2.05) is 38.1 Å². The van der Waals surface area contributed by atoms with Crippen molar-refractivity contribution in [3.63, 3.8) is 0 Å². The van der Waals surface area contributed by atoms with Crippen molar-refractivity contribution in [1.29, 1.82) is 0 Å². The maximum absolute atomic E-state index is 11.2. The Morgan fingerprint density at radius 2 is 1.03 bits per heavy atom. The molecule has 182 valence electrons. The van der Waals surface area contributed by atoms with E-state index in [1.54, 1.807) is 12.1 Å². The van der Waals surface area contributed by atoms with Gasteiger partial charge in [0.25, 0.3) is 0 Å². The van der Waals surface area contributed by atoms with Gasteiger partial charge in [0, 0.05) is 12.8 Å². The number of aromatic hydroxyl groups is 3. The van der Waals surface area contributed by atoms with Crippen molar-refractivity contribution < 1.29 is 15.3 Å². The summed E-state index contributed by atoms with van der Waals surface area (Å²) < 4.78 is 0. The Morgan fingerprint density at radius 3 is 1.53 bits per heavy atom. The van der Waals surface area contributed by atoms with Crippen LogP contribution in [-0.4, -0.2) is 15.3 Å². The molecule has 3 aromatic rings. The van der Waals surface area contributed by atoms with Gasteiger partial charge in [-0.25, -0.2) is 0 Å². The molecule has 0 unspecified atom stereocenters. The van der Waals surface area contributed by atoms with Crippen LogP contribution in [0.4, 0.5) is 0 Å². The van der Waals surface area contributed by atoms with Crippen LogP contribution < -0.4 is 0 Å². The lowest BCUT2D eigenvalue weighted by Crippen LogP contribution is -1.99. The summed E-state index contributed by atoms with van der Waals surface area (Å²) in [6.45, 7) is 6.25. The van der Waals surface area contributed by atoms with Crippen molar-refractivity contribution in [1.82, 2.24) is 0 Å². The molecule has 0 atom stereocenters. The number of hydrogen-bond acceptors (Lipinski definition) is 3. The molecular weight excluding hydrogens is 420 g/mol. The maximum Gasteiger partial charge on any atom is 0.122 e. The highest BCUT2D eigenvalue weighted by molar-refractivity contribution is 5.51. The SMILES string of the molecule is CCCCCCCCCc1cc(Cc2cc(C)ccc2O)c(O)c(Cc2cc(C)ccc2O)c1. The van der Waals surface area contributed by atoms with E-state index in [4.69, 9.17) is 0 Å². The van der Waals surface area contributed by atoms with Gasteiger partial charge in [0.15, 0.2) is 0 Å². The molecule has 0 aliphatic heterocycles. The molecule has 0 aliphatic rings. The van der Waals surface area contributed by atoms with E-state index in [-0.39, 0.29) is 17.2 Å². The topological polar surface area (TPSA) is 60.7 Å². The molecule has 3 N–H and O–H groups in total. The Balaban J connectivity index is 1.84. The number of unbranched alkanes of at least 4 members (excludes halogenated alkanes) is 6. The van der Waals surface area contributed by atoms with E-state index < -0.39 is 0 Å². The second-order valence-electron chi connectivity index (χ2n) is 9.75. The van der Waals surface area contributed by atoms with Crippen molar-refractivity contribution in [2.75, 3.05) is 0 Å². The molecule has 34 heavy (non-hydrogen) atoms. The summed E-state index contributed by atoms with van der Waals surface area (Å²) >= 11 is 0. The zero-order valence-electron chi connectivity index (χ0n) is 21.0. The van der Waals surface area contributed by atoms with E-state index in [9.17, 15) is 15.3 Å². The predicted molar refractivity (Wildman–Crippen MR) is 141 cm³/mol. The third-order valence-corrected chi connectivity index (χ3v) is 6.63. The molecule has 0 saturated heterocycles. The Morgan fingerprint density at radius 1 is 0.559 bits per heavy atom. The first kappa shape index (κ1) is 25.7. The third-order valence-electron chi connectivity index (χ3n) is 6.63. The summed E-state index contributed by atoms with van der Waals surface area (Å²) in [7, 11) is 0. The fraction of sp³-hybridized carbons (Fsp3) is 0.419. The van der Waals surface area contributed by atoms with Crippen LogP contribution in [0.3, 0.4) is 0 Å². The lowest BCUT2D eigenvalue weighted by Gasteiger charge is -2.15. The highest BCUT2D eigenvalue weighted by Gasteiger charge is 2.15. The molecule has 0 aliphatic carbocycles. The monoisotopic (exact) mass is 460 g/mol. The van der Waals surface area contributed by atoms with E-state index in [0.29, 0.717) is 12.8 Å². The molecule has 0 heterocycles. The van der Waals surface area contributed by atoms with Gasteiger partial charge in [-0.3, -0.25) is 0 Å². The van der Waals surface area contributed by atoms with Crippen LogP contribution in [0.15, 0.2) is 48.5 Å². The van der Waals surface area contributed by atoms with Gasteiger partial charge in [-0.2, -0.15) is 0 Å². The number of hydrogen-bond donors (Lipinski definition) is 3. The number of rotatable bonds is 12. The molecule has 3 nitrogen and oxygen atoms in total. The van der Waals surface area contributed by atoms with E-state index in [0.717, 1.165) is 46.2 Å².